The Hall–Kier alpha value is -2.58. The molecule has 1 unspecified atom stereocenters. The second-order valence-electron chi connectivity index (χ2n) is 6.91. The molecule has 2 aliphatic heterocycles. The van der Waals surface area contributed by atoms with Crippen molar-refractivity contribution in [3.05, 3.63) is 23.9 Å². The Morgan fingerprint density at radius 3 is 2.88 bits per heavy atom. The Morgan fingerprint density at radius 2 is 2.00 bits per heavy atom. The topological polar surface area (TPSA) is 102 Å². The van der Waals surface area contributed by atoms with Crippen LogP contribution in [0.4, 0.5) is 5.82 Å². The highest BCUT2D eigenvalue weighted by Gasteiger charge is 2.28. The van der Waals surface area contributed by atoms with Crippen LogP contribution in [0.3, 0.4) is 0 Å². The number of fused-ring (bicyclic) bond motifs is 1. The first kappa shape index (κ1) is 16.9. The molecule has 2 aliphatic rings. The van der Waals surface area contributed by atoms with E-state index in [1.807, 2.05) is 6.07 Å². The second-order valence-corrected chi connectivity index (χ2v) is 6.91. The fourth-order valence-electron chi connectivity index (χ4n) is 3.69. The summed E-state index contributed by atoms with van der Waals surface area (Å²) in [7, 11) is 0. The third-order valence-corrected chi connectivity index (χ3v) is 5.12. The van der Waals surface area contributed by atoms with Gasteiger partial charge in [-0.3, -0.25) is 4.79 Å². The highest BCUT2D eigenvalue weighted by molar-refractivity contribution is 5.82. The number of amides is 1. The van der Waals surface area contributed by atoms with Crippen LogP contribution in [0, 0.1) is 0 Å². The third-order valence-electron chi connectivity index (χ3n) is 5.12. The van der Waals surface area contributed by atoms with Crippen molar-refractivity contribution in [2.45, 2.75) is 51.0 Å². The summed E-state index contributed by atoms with van der Waals surface area (Å²) in [6.45, 7) is 3.45. The predicted octanol–water partition coefficient (Wildman–Crippen LogP) is 0.690. The number of aryl methyl sites for hydroxylation is 1. The normalized spacial score (nSPS) is 19.8. The van der Waals surface area contributed by atoms with Crippen molar-refractivity contribution < 1.29 is 4.79 Å². The van der Waals surface area contributed by atoms with E-state index in [-0.39, 0.29) is 11.8 Å². The maximum absolute atomic E-state index is 12.6. The average Bonchev–Trinajstić information content (AvgIpc) is 3.31. The number of nitrogens with zero attached hydrogens (tertiary/aromatic N) is 7. The first-order valence-electron chi connectivity index (χ1n) is 9.41. The number of nitrogens with one attached hydrogen (secondary N) is 1. The van der Waals surface area contributed by atoms with Gasteiger partial charge in [0.15, 0.2) is 5.82 Å². The van der Waals surface area contributed by atoms with E-state index in [9.17, 15) is 4.79 Å². The molecule has 0 saturated carbocycles. The van der Waals surface area contributed by atoms with Gasteiger partial charge in [-0.1, -0.05) is 6.42 Å². The molecule has 0 aromatic carbocycles. The molecule has 1 atom stereocenters. The van der Waals surface area contributed by atoms with Gasteiger partial charge in [0.25, 0.3) is 0 Å². The van der Waals surface area contributed by atoms with E-state index in [1.165, 1.54) is 12.8 Å². The van der Waals surface area contributed by atoms with Crippen LogP contribution in [0.15, 0.2) is 12.4 Å². The lowest BCUT2D eigenvalue weighted by atomic mass is 10.0. The number of tetrazole rings is 1. The number of rotatable bonds is 5. The molecular weight excluding hydrogens is 332 g/mol. The van der Waals surface area contributed by atoms with Crippen molar-refractivity contribution in [1.82, 2.24) is 35.5 Å². The zero-order chi connectivity index (χ0) is 17.8. The molecule has 9 nitrogen and oxygen atoms in total. The Bertz CT molecular complexity index is 755. The maximum Gasteiger partial charge on any atom is 0.230 e. The average molecular weight is 356 g/mol. The van der Waals surface area contributed by atoms with Gasteiger partial charge < -0.3 is 10.2 Å². The molecule has 0 radical (unpaired) electrons. The van der Waals surface area contributed by atoms with Gasteiger partial charge in [-0.15, -0.1) is 5.10 Å². The second kappa shape index (κ2) is 7.76. The standard InChI is InChI=1S/C17H24N8O/c26-17(14-5-1-2-10-25-16(14)21-22-23-25)18-7-6-13-11-15(20-12-19-13)24-8-3-4-9-24/h11-12,14H,1-10H2,(H,18,26). The number of hydrogen-bond acceptors (Lipinski definition) is 7. The summed E-state index contributed by atoms with van der Waals surface area (Å²) >= 11 is 0. The largest absolute Gasteiger partial charge is 0.357 e. The highest BCUT2D eigenvalue weighted by atomic mass is 16.1. The molecule has 4 heterocycles. The van der Waals surface area contributed by atoms with E-state index in [2.05, 4.69) is 35.7 Å². The molecule has 4 rings (SSSR count). The van der Waals surface area contributed by atoms with Gasteiger partial charge in [0, 0.05) is 44.4 Å². The smallest absolute Gasteiger partial charge is 0.230 e. The summed E-state index contributed by atoms with van der Waals surface area (Å²) in [6.07, 6.45) is 7.53. The number of carbonyl (C=O) groups is 1. The summed E-state index contributed by atoms with van der Waals surface area (Å²) in [5.41, 5.74) is 0.952. The maximum atomic E-state index is 12.6. The zero-order valence-electron chi connectivity index (χ0n) is 14.8. The summed E-state index contributed by atoms with van der Waals surface area (Å²) < 4.78 is 1.75. The lowest BCUT2D eigenvalue weighted by molar-refractivity contribution is -0.122. The van der Waals surface area contributed by atoms with Crippen molar-refractivity contribution in [2.24, 2.45) is 0 Å². The van der Waals surface area contributed by atoms with Crippen LogP contribution in [0.2, 0.25) is 0 Å². The van der Waals surface area contributed by atoms with Crippen LogP contribution >= 0.6 is 0 Å². The number of carbonyl (C=O) groups excluding carboxylic acids is 1. The molecule has 1 amide bonds. The van der Waals surface area contributed by atoms with Gasteiger partial charge in [0.1, 0.15) is 12.1 Å². The van der Waals surface area contributed by atoms with Crippen molar-refractivity contribution in [3.63, 3.8) is 0 Å². The van der Waals surface area contributed by atoms with Crippen LogP contribution in [0.25, 0.3) is 0 Å². The summed E-state index contributed by atoms with van der Waals surface area (Å²) in [5.74, 6) is 1.40. The van der Waals surface area contributed by atoms with Crippen molar-refractivity contribution in [2.75, 3.05) is 24.5 Å². The van der Waals surface area contributed by atoms with E-state index < -0.39 is 0 Å². The molecule has 9 heteroatoms. The van der Waals surface area contributed by atoms with Gasteiger partial charge in [0.2, 0.25) is 5.91 Å². The molecule has 0 aliphatic carbocycles. The minimum Gasteiger partial charge on any atom is -0.357 e. The fourth-order valence-corrected chi connectivity index (χ4v) is 3.69. The minimum absolute atomic E-state index is 0.00299. The SMILES string of the molecule is O=C(NCCc1cc(N2CCCC2)ncn1)C1CCCCn2nnnc21. The lowest BCUT2D eigenvalue weighted by Gasteiger charge is -2.16. The van der Waals surface area contributed by atoms with Crippen molar-refractivity contribution >= 4 is 11.7 Å². The zero-order valence-corrected chi connectivity index (χ0v) is 14.8. The molecule has 138 valence electrons. The Balaban J connectivity index is 1.33. The first-order chi connectivity index (χ1) is 12.8. The summed E-state index contributed by atoms with van der Waals surface area (Å²) in [5, 5.41) is 14.8. The lowest BCUT2D eigenvalue weighted by Crippen LogP contribution is -2.32. The van der Waals surface area contributed by atoms with Crippen LogP contribution in [0.5, 0.6) is 0 Å². The van der Waals surface area contributed by atoms with E-state index in [0.29, 0.717) is 18.8 Å². The monoisotopic (exact) mass is 356 g/mol. The number of aromatic nitrogens is 6. The number of anilines is 1. The molecule has 2 aromatic heterocycles. The predicted molar refractivity (Wildman–Crippen MR) is 94.6 cm³/mol. The van der Waals surface area contributed by atoms with Crippen LogP contribution < -0.4 is 10.2 Å². The molecule has 1 saturated heterocycles. The molecule has 0 spiro atoms. The van der Waals surface area contributed by atoms with Crippen molar-refractivity contribution in [1.29, 1.82) is 0 Å². The quantitative estimate of drug-likeness (QED) is 0.841. The van der Waals surface area contributed by atoms with Gasteiger partial charge >= 0.3 is 0 Å². The van der Waals surface area contributed by atoms with E-state index in [4.69, 9.17) is 0 Å². The van der Waals surface area contributed by atoms with E-state index in [0.717, 1.165) is 50.4 Å². The third kappa shape index (κ3) is 3.66. The van der Waals surface area contributed by atoms with Crippen LogP contribution in [-0.2, 0) is 17.8 Å². The molecule has 2 aromatic rings. The molecule has 1 fully saturated rings. The molecule has 26 heavy (non-hydrogen) atoms. The van der Waals surface area contributed by atoms with E-state index in [1.54, 1.807) is 11.0 Å². The highest BCUT2D eigenvalue weighted by Crippen LogP contribution is 2.24. The van der Waals surface area contributed by atoms with Crippen LogP contribution in [0.1, 0.15) is 49.5 Å². The minimum atomic E-state index is -0.266. The molecular formula is C17H24N8O. The van der Waals surface area contributed by atoms with Gasteiger partial charge in [-0.2, -0.15) is 0 Å². The van der Waals surface area contributed by atoms with Crippen LogP contribution in [-0.4, -0.2) is 55.7 Å². The van der Waals surface area contributed by atoms with E-state index >= 15 is 0 Å². The van der Waals surface area contributed by atoms with Crippen molar-refractivity contribution in [3.8, 4) is 0 Å². The van der Waals surface area contributed by atoms with Gasteiger partial charge in [-0.25, -0.2) is 14.6 Å². The Morgan fingerprint density at radius 1 is 1.15 bits per heavy atom. The first-order valence-corrected chi connectivity index (χ1v) is 9.41. The van der Waals surface area contributed by atoms with Gasteiger partial charge in [-0.05, 0) is 36.1 Å². The number of hydrogen-bond donors (Lipinski definition) is 1. The summed E-state index contributed by atoms with van der Waals surface area (Å²) in [6, 6.07) is 2.03. The molecule has 0 bridgehead atoms. The Labute approximate surface area is 152 Å². The fraction of sp³-hybridized carbons (Fsp3) is 0.647. The molecule has 1 N–H and O–H groups in total. The summed E-state index contributed by atoms with van der Waals surface area (Å²) in [4.78, 5) is 23.6. The van der Waals surface area contributed by atoms with Gasteiger partial charge in [0.05, 0.1) is 5.92 Å². The Kier molecular flexibility index (Phi) is 5.03.